The molecule has 4 nitrogen and oxygen atoms in total. The molecule has 0 aliphatic carbocycles. The molecule has 2 fully saturated rings. The van der Waals surface area contributed by atoms with Gasteiger partial charge in [-0.05, 0) is 31.2 Å². The first-order valence-corrected chi connectivity index (χ1v) is 7.14. The van der Waals surface area contributed by atoms with Gasteiger partial charge in [-0.25, -0.2) is 0 Å². The van der Waals surface area contributed by atoms with Crippen LogP contribution in [0.15, 0.2) is 0 Å². The van der Waals surface area contributed by atoms with E-state index in [4.69, 9.17) is 4.74 Å². The maximum Gasteiger partial charge on any atom is 0.227 e. The molecule has 0 saturated carbocycles. The summed E-state index contributed by atoms with van der Waals surface area (Å²) in [5.41, 5.74) is 0. The quantitative estimate of drug-likeness (QED) is 0.803. The number of nitrogens with zero attached hydrogens (tertiary/aromatic N) is 1. The minimum absolute atomic E-state index is 0.166. The molecule has 2 heterocycles. The van der Waals surface area contributed by atoms with Crippen molar-refractivity contribution >= 4 is 5.91 Å². The molecule has 0 bridgehead atoms. The van der Waals surface area contributed by atoms with Crippen LogP contribution in [0.2, 0.25) is 0 Å². The Labute approximate surface area is 110 Å². The first kappa shape index (κ1) is 13.8. The lowest BCUT2D eigenvalue weighted by molar-refractivity contribution is -0.141. The Morgan fingerprint density at radius 1 is 1.33 bits per heavy atom. The zero-order valence-corrected chi connectivity index (χ0v) is 11.8. The molecule has 4 atom stereocenters. The summed E-state index contributed by atoms with van der Waals surface area (Å²) in [6.45, 7) is 7.96. The van der Waals surface area contributed by atoms with Gasteiger partial charge in [-0.3, -0.25) is 4.79 Å². The summed E-state index contributed by atoms with van der Waals surface area (Å²) in [6, 6.07) is 0. The number of nitrogens with one attached hydrogen (secondary N) is 1. The molecular weight excluding hydrogens is 228 g/mol. The number of methoxy groups -OCH3 is 1. The molecule has 1 amide bonds. The molecule has 0 spiro atoms. The highest BCUT2D eigenvalue weighted by atomic mass is 16.5. The number of carbonyl (C=O) groups is 1. The molecule has 0 aromatic carbocycles. The third-order valence-electron chi connectivity index (χ3n) is 4.42. The average molecular weight is 254 g/mol. The largest absolute Gasteiger partial charge is 0.379 e. The normalized spacial score (nSPS) is 37.6. The van der Waals surface area contributed by atoms with Crippen LogP contribution in [0.1, 0.15) is 26.7 Å². The Bertz CT molecular complexity index is 296. The Balaban J connectivity index is 1.92. The Morgan fingerprint density at radius 3 is 2.78 bits per heavy atom. The Hall–Kier alpha value is -0.610. The number of amides is 1. The number of piperidine rings is 2. The van der Waals surface area contributed by atoms with Crippen molar-refractivity contribution in [2.45, 2.75) is 32.8 Å². The van der Waals surface area contributed by atoms with E-state index in [1.165, 1.54) is 0 Å². The van der Waals surface area contributed by atoms with Crippen LogP contribution in [0.4, 0.5) is 0 Å². The van der Waals surface area contributed by atoms with Gasteiger partial charge in [0.1, 0.15) is 0 Å². The highest BCUT2D eigenvalue weighted by Crippen LogP contribution is 2.24. The summed E-state index contributed by atoms with van der Waals surface area (Å²) in [7, 11) is 1.75. The first-order valence-electron chi connectivity index (χ1n) is 7.14. The van der Waals surface area contributed by atoms with Crippen LogP contribution in [0.3, 0.4) is 0 Å². The first-order chi connectivity index (χ1) is 8.61. The summed E-state index contributed by atoms with van der Waals surface area (Å²) >= 11 is 0. The van der Waals surface area contributed by atoms with Gasteiger partial charge in [-0.15, -0.1) is 0 Å². The zero-order chi connectivity index (χ0) is 13.1. The fraction of sp³-hybridized carbons (Fsp3) is 0.929. The van der Waals surface area contributed by atoms with Gasteiger partial charge < -0.3 is 15.0 Å². The minimum atomic E-state index is 0.166. The van der Waals surface area contributed by atoms with E-state index in [2.05, 4.69) is 19.2 Å². The maximum atomic E-state index is 12.5. The molecule has 2 aliphatic rings. The van der Waals surface area contributed by atoms with Crippen LogP contribution < -0.4 is 5.32 Å². The standard InChI is InChI=1S/C14H26N2O2/c1-10-6-12(8-15-7-10)14(17)16-5-4-11(2)13(9-16)18-3/h10-13,15H,4-9H2,1-3H3. The number of hydrogen-bond acceptors (Lipinski definition) is 3. The molecular formula is C14H26N2O2. The second-order valence-corrected chi connectivity index (χ2v) is 6.02. The predicted molar refractivity (Wildman–Crippen MR) is 71.3 cm³/mol. The van der Waals surface area contributed by atoms with Crippen LogP contribution in [-0.4, -0.2) is 50.2 Å². The van der Waals surface area contributed by atoms with Gasteiger partial charge in [0.25, 0.3) is 0 Å². The number of ether oxygens (including phenoxy) is 1. The summed E-state index contributed by atoms with van der Waals surface area (Å²) < 4.78 is 5.48. The van der Waals surface area contributed by atoms with Gasteiger partial charge in [0.05, 0.1) is 12.0 Å². The average Bonchev–Trinajstić information content (AvgIpc) is 2.38. The van der Waals surface area contributed by atoms with Crippen LogP contribution in [0.25, 0.3) is 0 Å². The van der Waals surface area contributed by atoms with Crippen molar-refractivity contribution < 1.29 is 9.53 Å². The topological polar surface area (TPSA) is 41.6 Å². The lowest BCUT2D eigenvalue weighted by Gasteiger charge is -2.39. The van der Waals surface area contributed by atoms with Crippen molar-refractivity contribution in [3.05, 3.63) is 0 Å². The van der Waals surface area contributed by atoms with Gasteiger partial charge in [-0.2, -0.15) is 0 Å². The molecule has 0 radical (unpaired) electrons. The smallest absolute Gasteiger partial charge is 0.227 e. The molecule has 4 heteroatoms. The predicted octanol–water partition coefficient (Wildman–Crippen LogP) is 1.12. The summed E-state index contributed by atoms with van der Waals surface area (Å²) in [6.07, 6.45) is 2.28. The van der Waals surface area contributed by atoms with Gasteiger partial charge in [0.15, 0.2) is 0 Å². The SMILES string of the molecule is COC1CN(C(=O)C2CNCC(C)C2)CCC1C. The van der Waals surface area contributed by atoms with E-state index < -0.39 is 0 Å². The summed E-state index contributed by atoms with van der Waals surface area (Å²) in [5, 5.41) is 3.36. The van der Waals surface area contributed by atoms with Gasteiger partial charge in [0.2, 0.25) is 5.91 Å². The van der Waals surface area contributed by atoms with Crippen LogP contribution in [0.5, 0.6) is 0 Å². The summed E-state index contributed by atoms with van der Waals surface area (Å²) in [5.74, 6) is 1.65. The van der Waals surface area contributed by atoms with Crippen molar-refractivity contribution in [2.24, 2.45) is 17.8 Å². The van der Waals surface area contributed by atoms with E-state index in [0.29, 0.717) is 17.7 Å². The summed E-state index contributed by atoms with van der Waals surface area (Å²) in [4.78, 5) is 14.5. The third-order valence-corrected chi connectivity index (χ3v) is 4.42. The van der Waals surface area contributed by atoms with Crippen molar-refractivity contribution in [3.63, 3.8) is 0 Å². The maximum absolute atomic E-state index is 12.5. The molecule has 0 aromatic heterocycles. The van der Waals surface area contributed by atoms with Crippen molar-refractivity contribution in [1.29, 1.82) is 0 Å². The lowest BCUT2D eigenvalue weighted by Crippen LogP contribution is -2.51. The van der Waals surface area contributed by atoms with E-state index in [9.17, 15) is 4.79 Å². The molecule has 2 rings (SSSR count). The molecule has 104 valence electrons. The molecule has 0 aromatic rings. The van der Waals surface area contributed by atoms with E-state index in [1.807, 2.05) is 4.90 Å². The Kier molecular flexibility index (Phi) is 4.62. The lowest BCUT2D eigenvalue weighted by atomic mass is 9.89. The van der Waals surface area contributed by atoms with Crippen molar-refractivity contribution in [2.75, 3.05) is 33.3 Å². The molecule has 1 N–H and O–H groups in total. The highest BCUT2D eigenvalue weighted by Gasteiger charge is 2.33. The third kappa shape index (κ3) is 3.04. The number of carbonyl (C=O) groups excluding carboxylic acids is 1. The van der Waals surface area contributed by atoms with Crippen LogP contribution in [-0.2, 0) is 9.53 Å². The fourth-order valence-electron chi connectivity index (χ4n) is 3.14. The van der Waals surface area contributed by atoms with Gasteiger partial charge >= 0.3 is 0 Å². The van der Waals surface area contributed by atoms with Crippen molar-refractivity contribution in [3.8, 4) is 0 Å². The number of rotatable bonds is 2. The number of hydrogen-bond donors (Lipinski definition) is 1. The second kappa shape index (κ2) is 6.02. The van der Waals surface area contributed by atoms with E-state index in [-0.39, 0.29) is 12.0 Å². The highest BCUT2D eigenvalue weighted by molar-refractivity contribution is 5.79. The van der Waals surface area contributed by atoms with Crippen molar-refractivity contribution in [1.82, 2.24) is 10.2 Å². The van der Waals surface area contributed by atoms with E-state index in [0.717, 1.165) is 39.0 Å². The zero-order valence-electron chi connectivity index (χ0n) is 11.8. The monoisotopic (exact) mass is 254 g/mol. The molecule has 4 unspecified atom stereocenters. The fourth-order valence-corrected chi connectivity index (χ4v) is 3.14. The minimum Gasteiger partial charge on any atom is -0.379 e. The van der Waals surface area contributed by atoms with Gasteiger partial charge in [-0.1, -0.05) is 13.8 Å². The van der Waals surface area contributed by atoms with E-state index >= 15 is 0 Å². The Morgan fingerprint density at radius 2 is 2.11 bits per heavy atom. The van der Waals surface area contributed by atoms with E-state index in [1.54, 1.807) is 7.11 Å². The van der Waals surface area contributed by atoms with Gasteiger partial charge in [0, 0.05) is 26.7 Å². The number of likely N-dealkylation sites (tertiary alicyclic amines) is 1. The van der Waals surface area contributed by atoms with Crippen LogP contribution in [0, 0.1) is 17.8 Å². The van der Waals surface area contributed by atoms with Crippen LogP contribution >= 0.6 is 0 Å². The molecule has 2 aliphatic heterocycles. The molecule has 2 saturated heterocycles. The molecule has 18 heavy (non-hydrogen) atoms. The second-order valence-electron chi connectivity index (χ2n) is 6.02.